The van der Waals surface area contributed by atoms with Gasteiger partial charge in [0.2, 0.25) is 0 Å². The molecule has 1 aliphatic heterocycles. The highest BCUT2D eigenvalue weighted by atomic mass is 31.2. The van der Waals surface area contributed by atoms with Gasteiger partial charge in [0, 0.05) is 12.8 Å². The number of hydrogen-bond donors (Lipinski definition) is 3. The van der Waals surface area contributed by atoms with Gasteiger partial charge in [-0.05, 0) is 83.5 Å². The summed E-state index contributed by atoms with van der Waals surface area (Å²) >= 11 is 0. The molecule has 0 aliphatic carbocycles. The molecule has 59 heavy (non-hydrogen) atoms. The van der Waals surface area contributed by atoms with Crippen LogP contribution in [-0.4, -0.2) is 72.1 Å². The number of hydrogen-bond acceptors (Lipinski definition) is 10. The van der Waals surface area contributed by atoms with Crippen LogP contribution in [0.3, 0.4) is 0 Å². The fourth-order valence-electron chi connectivity index (χ4n) is 5.30. The van der Waals surface area contributed by atoms with Crippen molar-refractivity contribution >= 4 is 25.7 Å². The summed E-state index contributed by atoms with van der Waals surface area (Å²) in [6.45, 7) is 2.51. The molecule has 5 atom stereocenters. The molecule has 1 fully saturated rings. The third-order valence-corrected chi connectivity index (χ3v) is 9.69. The Morgan fingerprint density at radius 2 is 1.14 bits per heavy atom. The molecule has 332 valence electrons. The van der Waals surface area contributed by atoms with Crippen molar-refractivity contribution < 1.29 is 52.2 Å². The lowest BCUT2D eigenvalue weighted by Crippen LogP contribution is -2.34. The first-order valence-corrected chi connectivity index (χ1v) is 22.9. The minimum Gasteiger partial charge on any atom is -0.480 e. The van der Waals surface area contributed by atoms with Crippen LogP contribution in [0.15, 0.2) is 97.2 Å². The van der Waals surface area contributed by atoms with Gasteiger partial charge in [0.1, 0.15) is 12.6 Å². The molecule has 1 rings (SSSR count). The summed E-state index contributed by atoms with van der Waals surface area (Å²) in [5, 5.41) is 8.89. The number of carboxylic acid groups (broad SMARTS) is 1. The standard InChI is InChI=1S/C46H72NO11P/c1-3-5-7-8-9-10-11-12-13-14-15-16-17-21-24-27-31-35-44(48)54-37-40(38-55-59(52,53)56-39-41(47)46(50)51)57-45(49)36-32-28-25-22-19-18-20-23-26-30-34-43-42(58-43)33-29-6-4-2/h5,7,9-10,12-13,15-16,18,20-22,24-26,30,40-43H,3-4,6,8,11,14,17,19,23,27-29,31-39,47H2,1-2H3,(H,50,51)(H,52,53)/b7-5-,10-9-,13-12-,16-15-,20-18-,24-21-,25-22-,30-26-/t40-,41+,42?,43?/m1/s1. The zero-order valence-corrected chi connectivity index (χ0v) is 36.4. The average Bonchev–Trinajstić information content (AvgIpc) is 3.97. The number of unbranched alkanes of at least 4 members (excludes halogenated alkanes) is 4. The largest absolute Gasteiger partial charge is 0.480 e. The number of ether oxygens (including phenoxy) is 3. The summed E-state index contributed by atoms with van der Waals surface area (Å²) in [7, 11) is -4.75. The van der Waals surface area contributed by atoms with E-state index in [1.54, 1.807) is 0 Å². The maximum Gasteiger partial charge on any atom is 0.472 e. The summed E-state index contributed by atoms with van der Waals surface area (Å²) in [5.74, 6) is -2.55. The quantitative estimate of drug-likeness (QED) is 0.0177. The summed E-state index contributed by atoms with van der Waals surface area (Å²) in [6, 6.07) is -1.55. The third-order valence-electron chi connectivity index (χ3n) is 8.74. The first-order valence-electron chi connectivity index (χ1n) is 21.4. The summed E-state index contributed by atoms with van der Waals surface area (Å²) in [6.07, 6.45) is 48.1. The molecule has 0 amide bonds. The number of esters is 2. The normalized spacial score (nSPS) is 18.1. The van der Waals surface area contributed by atoms with E-state index in [0.717, 1.165) is 51.4 Å². The Morgan fingerprint density at radius 1 is 0.644 bits per heavy atom. The minimum absolute atomic E-state index is 0.0631. The molecule has 0 saturated carbocycles. The van der Waals surface area contributed by atoms with Crippen LogP contribution in [0, 0.1) is 0 Å². The molecule has 1 saturated heterocycles. The highest BCUT2D eigenvalue weighted by Gasteiger charge is 2.36. The van der Waals surface area contributed by atoms with Gasteiger partial charge in [-0.2, -0.15) is 0 Å². The van der Waals surface area contributed by atoms with E-state index in [1.165, 1.54) is 25.7 Å². The molecule has 4 N–H and O–H groups in total. The SMILES string of the molecule is CC/C=C\C/C=C\C/C=C\C/C=C\C/C=C\CCCC(=O)OC[C@H](COP(=O)(O)OC[C@H](N)C(=O)O)OC(=O)CCC/C=C\C/C=C\C/C=C\CC1OC1CCCCC. The van der Waals surface area contributed by atoms with Gasteiger partial charge >= 0.3 is 25.7 Å². The number of aliphatic carboxylic acids is 1. The molecule has 0 bridgehead atoms. The van der Waals surface area contributed by atoms with Gasteiger partial charge in [0.05, 0.1) is 25.4 Å². The number of phosphoric ester groups is 1. The molecule has 1 aliphatic rings. The molecular formula is C46H72NO11P. The Bertz CT molecular complexity index is 1430. The van der Waals surface area contributed by atoms with Gasteiger partial charge in [-0.15, -0.1) is 0 Å². The first-order chi connectivity index (χ1) is 28.6. The highest BCUT2D eigenvalue weighted by molar-refractivity contribution is 7.47. The number of rotatable bonds is 37. The van der Waals surface area contributed by atoms with E-state index in [4.69, 9.17) is 29.6 Å². The number of phosphoric acid groups is 1. The van der Waals surface area contributed by atoms with Crippen molar-refractivity contribution in [3.8, 4) is 0 Å². The Balaban J connectivity index is 2.38. The lowest BCUT2D eigenvalue weighted by molar-refractivity contribution is -0.161. The number of nitrogens with two attached hydrogens (primary N) is 1. The van der Waals surface area contributed by atoms with Crippen LogP contribution >= 0.6 is 7.82 Å². The Labute approximate surface area is 353 Å². The monoisotopic (exact) mass is 845 g/mol. The van der Waals surface area contributed by atoms with Gasteiger partial charge in [-0.25, -0.2) is 4.57 Å². The molecule has 3 unspecified atom stereocenters. The van der Waals surface area contributed by atoms with Crippen LogP contribution in [0.5, 0.6) is 0 Å². The van der Waals surface area contributed by atoms with E-state index in [0.29, 0.717) is 37.9 Å². The van der Waals surface area contributed by atoms with Crippen LogP contribution in [0.1, 0.15) is 129 Å². The predicted molar refractivity (Wildman–Crippen MR) is 234 cm³/mol. The van der Waals surface area contributed by atoms with Crippen LogP contribution in [-0.2, 0) is 42.2 Å². The maximum absolute atomic E-state index is 12.6. The number of epoxide rings is 1. The van der Waals surface area contributed by atoms with Crippen molar-refractivity contribution in [2.75, 3.05) is 19.8 Å². The van der Waals surface area contributed by atoms with E-state index in [9.17, 15) is 23.8 Å². The Morgan fingerprint density at radius 3 is 1.66 bits per heavy atom. The number of carbonyl (C=O) groups excluding carboxylic acids is 2. The minimum atomic E-state index is -4.75. The van der Waals surface area contributed by atoms with Crippen molar-refractivity contribution in [1.29, 1.82) is 0 Å². The Kier molecular flexibility index (Phi) is 32.8. The lowest BCUT2D eigenvalue weighted by atomic mass is 10.1. The summed E-state index contributed by atoms with van der Waals surface area (Å²) < 4.78 is 38.3. The van der Waals surface area contributed by atoms with E-state index < -0.39 is 57.7 Å². The topological polar surface area (TPSA) is 184 Å². The fraction of sp³-hybridized carbons (Fsp3) is 0.587. The van der Waals surface area contributed by atoms with Crippen LogP contribution in [0.25, 0.3) is 0 Å². The first kappa shape index (κ1) is 53.4. The predicted octanol–water partition coefficient (Wildman–Crippen LogP) is 10.3. The van der Waals surface area contributed by atoms with Crippen molar-refractivity contribution in [1.82, 2.24) is 0 Å². The zero-order valence-electron chi connectivity index (χ0n) is 35.5. The van der Waals surface area contributed by atoms with Gasteiger partial charge in [-0.3, -0.25) is 23.4 Å². The van der Waals surface area contributed by atoms with Crippen LogP contribution < -0.4 is 5.73 Å². The smallest absolute Gasteiger partial charge is 0.472 e. The molecule has 0 aromatic carbocycles. The van der Waals surface area contributed by atoms with Crippen molar-refractivity contribution in [3.05, 3.63) is 97.2 Å². The van der Waals surface area contributed by atoms with E-state index in [2.05, 4.69) is 91.3 Å². The second-order valence-electron chi connectivity index (χ2n) is 14.1. The van der Waals surface area contributed by atoms with Gasteiger partial charge in [-0.1, -0.05) is 130 Å². The Hall–Kier alpha value is -3.64. The molecule has 12 nitrogen and oxygen atoms in total. The van der Waals surface area contributed by atoms with Crippen molar-refractivity contribution in [2.24, 2.45) is 5.73 Å². The van der Waals surface area contributed by atoms with Crippen LogP contribution in [0.4, 0.5) is 0 Å². The molecule has 13 heteroatoms. The van der Waals surface area contributed by atoms with E-state index >= 15 is 0 Å². The molecule has 0 spiro atoms. The second-order valence-corrected chi connectivity index (χ2v) is 15.6. The molecule has 0 radical (unpaired) electrons. The number of carbonyl (C=O) groups is 3. The lowest BCUT2D eigenvalue weighted by Gasteiger charge is -2.20. The average molecular weight is 846 g/mol. The van der Waals surface area contributed by atoms with Gasteiger partial charge in [0.15, 0.2) is 6.10 Å². The molecule has 0 aromatic rings. The highest BCUT2D eigenvalue weighted by Crippen LogP contribution is 2.43. The molecule has 0 aromatic heterocycles. The fourth-order valence-corrected chi connectivity index (χ4v) is 6.08. The van der Waals surface area contributed by atoms with E-state index in [1.807, 2.05) is 24.3 Å². The van der Waals surface area contributed by atoms with Crippen molar-refractivity contribution in [3.63, 3.8) is 0 Å². The summed E-state index contributed by atoms with van der Waals surface area (Å²) in [4.78, 5) is 45.9. The zero-order chi connectivity index (χ0) is 43.2. The second kappa shape index (κ2) is 36.2. The van der Waals surface area contributed by atoms with Crippen molar-refractivity contribution in [2.45, 2.75) is 154 Å². The van der Waals surface area contributed by atoms with Crippen LogP contribution in [0.2, 0.25) is 0 Å². The number of allylic oxidation sites excluding steroid dienone is 15. The molecular weight excluding hydrogens is 773 g/mol. The van der Waals surface area contributed by atoms with Gasteiger partial charge in [0.25, 0.3) is 0 Å². The maximum atomic E-state index is 12.6. The summed E-state index contributed by atoms with van der Waals surface area (Å²) in [5.41, 5.74) is 5.32. The van der Waals surface area contributed by atoms with Gasteiger partial charge < -0.3 is 29.9 Å². The molecule has 1 heterocycles. The third kappa shape index (κ3) is 33.8. The van der Waals surface area contributed by atoms with E-state index in [-0.39, 0.29) is 12.8 Å². The number of carboxylic acids is 1.